The Kier molecular flexibility index (Phi) is 7.62. The van der Waals surface area contributed by atoms with Crippen LogP contribution in [-0.2, 0) is 0 Å². The number of hydrogen-bond donors (Lipinski definition) is 3. The molecule has 3 N–H and O–H groups in total. The molecular formula is C15H26N2O2S. The van der Waals surface area contributed by atoms with Gasteiger partial charge >= 0.3 is 6.03 Å². The highest BCUT2D eigenvalue weighted by Crippen LogP contribution is 2.25. The largest absolute Gasteiger partial charge is 0.396 e. The van der Waals surface area contributed by atoms with Crippen LogP contribution in [0.3, 0.4) is 0 Å². The van der Waals surface area contributed by atoms with Crippen molar-refractivity contribution in [1.29, 1.82) is 0 Å². The molecule has 2 atom stereocenters. The Morgan fingerprint density at radius 3 is 2.65 bits per heavy atom. The number of amides is 2. The van der Waals surface area contributed by atoms with Crippen LogP contribution in [0.1, 0.15) is 51.0 Å². The molecule has 0 radical (unpaired) electrons. The summed E-state index contributed by atoms with van der Waals surface area (Å²) < 4.78 is 0. The molecule has 0 bridgehead atoms. The average molecular weight is 298 g/mol. The lowest BCUT2D eigenvalue weighted by Gasteiger charge is -2.22. The third-order valence-electron chi connectivity index (χ3n) is 3.20. The van der Waals surface area contributed by atoms with Gasteiger partial charge in [-0.1, -0.05) is 26.8 Å². The highest BCUT2D eigenvalue weighted by atomic mass is 32.1. The Balaban J connectivity index is 2.58. The fourth-order valence-electron chi connectivity index (χ4n) is 2.13. The van der Waals surface area contributed by atoms with Crippen molar-refractivity contribution in [1.82, 2.24) is 10.6 Å². The Bertz CT molecular complexity index is 379. The van der Waals surface area contributed by atoms with Crippen molar-refractivity contribution in [3.05, 3.63) is 22.4 Å². The molecule has 20 heavy (non-hydrogen) atoms. The number of aliphatic hydroxyl groups is 1. The monoisotopic (exact) mass is 298 g/mol. The van der Waals surface area contributed by atoms with Gasteiger partial charge in [-0.05, 0) is 36.6 Å². The first kappa shape index (κ1) is 17.0. The van der Waals surface area contributed by atoms with E-state index in [1.807, 2.05) is 18.4 Å². The Morgan fingerprint density at radius 2 is 2.15 bits per heavy atom. The lowest BCUT2D eigenvalue weighted by molar-refractivity contribution is 0.223. The summed E-state index contributed by atoms with van der Waals surface area (Å²) in [5, 5.41) is 17.0. The van der Waals surface area contributed by atoms with Crippen molar-refractivity contribution in [2.45, 2.75) is 52.1 Å². The van der Waals surface area contributed by atoms with Gasteiger partial charge in [-0.2, -0.15) is 0 Å². The maximum Gasteiger partial charge on any atom is 0.315 e. The molecule has 0 spiro atoms. The van der Waals surface area contributed by atoms with Crippen molar-refractivity contribution in [3.8, 4) is 0 Å². The fourth-order valence-corrected chi connectivity index (χ4v) is 2.92. The lowest BCUT2D eigenvalue weighted by Crippen LogP contribution is -2.43. The van der Waals surface area contributed by atoms with E-state index in [2.05, 4.69) is 30.5 Å². The van der Waals surface area contributed by atoms with Gasteiger partial charge in [-0.15, -0.1) is 11.3 Å². The number of rotatable bonds is 8. The number of urea groups is 1. The normalized spacial score (nSPS) is 14.1. The molecule has 0 fully saturated rings. The zero-order valence-corrected chi connectivity index (χ0v) is 13.4. The van der Waals surface area contributed by atoms with E-state index < -0.39 is 0 Å². The van der Waals surface area contributed by atoms with E-state index in [1.54, 1.807) is 11.3 Å². The molecule has 2 unspecified atom stereocenters. The van der Waals surface area contributed by atoms with Gasteiger partial charge in [-0.25, -0.2) is 4.79 Å². The third-order valence-corrected chi connectivity index (χ3v) is 4.19. The van der Waals surface area contributed by atoms with E-state index in [4.69, 9.17) is 5.11 Å². The summed E-state index contributed by atoms with van der Waals surface area (Å²) in [7, 11) is 0. The summed E-state index contributed by atoms with van der Waals surface area (Å²) >= 11 is 1.67. The topological polar surface area (TPSA) is 61.4 Å². The van der Waals surface area contributed by atoms with Crippen LogP contribution in [0.5, 0.6) is 0 Å². The van der Waals surface area contributed by atoms with Crippen LogP contribution in [0.4, 0.5) is 4.79 Å². The molecule has 0 aliphatic carbocycles. The van der Waals surface area contributed by atoms with Crippen molar-refractivity contribution in [3.63, 3.8) is 0 Å². The SMILES string of the molecule is CCC(CCO)NC(=O)NC(CC(C)C)c1cccs1. The predicted molar refractivity (Wildman–Crippen MR) is 84.0 cm³/mol. The molecule has 0 saturated carbocycles. The number of carbonyl (C=O) groups excluding carboxylic acids is 1. The van der Waals surface area contributed by atoms with Crippen LogP contribution in [0.2, 0.25) is 0 Å². The molecule has 1 heterocycles. The second-order valence-corrected chi connectivity index (χ2v) is 6.41. The van der Waals surface area contributed by atoms with Gasteiger partial charge in [0.1, 0.15) is 0 Å². The van der Waals surface area contributed by atoms with Crippen molar-refractivity contribution in [2.24, 2.45) is 5.92 Å². The molecule has 0 saturated heterocycles. The zero-order chi connectivity index (χ0) is 15.0. The first-order valence-corrected chi connectivity index (χ1v) is 8.16. The Morgan fingerprint density at radius 1 is 1.40 bits per heavy atom. The van der Waals surface area contributed by atoms with Crippen molar-refractivity contribution >= 4 is 17.4 Å². The zero-order valence-electron chi connectivity index (χ0n) is 12.6. The minimum absolute atomic E-state index is 0.0306. The van der Waals surface area contributed by atoms with E-state index in [9.17, 15) is 4.79 Å². The Hall–Kier alpha value is -1.07. The molecule has 1 rings (SSSR count). The first-order chi connectivity index (χ1) is 9.56. The molecule has 0 aliphatic heterocycles. The van der Waals surface area contributed by atoms with Crippen molar-refractivity contribution in [2.75, 3.05) is 6.61 Å². The van der Waals surface area contributed by atoms with E-state index in [1.165, 1.54) is 4.88 Å². The summed E-state index contributed by atoms with van der Waals surface area (Å²) in [5.74, 6) is 0.516. The third kappa shape index (κ3) is 5.92. The van der Waals surface area contributed by atoms with Gasteiger partial charge in [0, 0.05) is 17.5 Å². The second-order valence-electron chi connectivity index (χ2n) is 5.43. The van der Waals surface area contributed by atoms with Gasteiger partial charge in [0.2, 0.25) is 0 Å². The van der Waals surface area contributed by atoms with E-state index in [0.29, 0.717) is 12.3 Å². The molecule has 114 valence electrons. The average Bonchev–Trinajstić information content (AvgIpc) is 2.90. The minimum Gasteiger partial charge on any atom is -0.396 e. The Labute approximate surface area is 125 Å². The minimum atomic E-state index is -0.149. The van der Waals surface area contributed by atoms with Crippen LogP contribution in [0.25, 0.3) is 0 Å². The van der Waals surface area contributed by atoms with E-state index in [-0.39, 0.29) is 24.7 Å². The summed E-state index contributed by atoms with van der Waals surface area (Å²) in [5.41, 5.74) is 0. The van der Waals surface area contributed by atoms with Gasteiger partial charge < -0.3 is 15.7 Å². The van der Waals surface area contributed by atoms with E-state index in [0.717, 1.165) is 12.8 Å². The molecule has 1 aromatic heterocycles. The van der Waals surface area contributed by atoms with Crippen LogP contribution in [0.15, 0.2) is 17.5 Å². The number of carbonyl (C=O) groups is 1. The van der Waals surface area contributed by atoms with Crippen LogP contribution in [-0.4, -0.2) is 23.8 Å². The fraction of sp³-hybridized carbons (Fsp3) is 0.667. The lowest BCUT2D eigenvalue weighted by atomic mass is 10.0. The highest BCUT2D eigenvalue weighted by molar-refractivity contribution is 7.10. The molecule has 0 aromatic carbocycles. The number of thiophene rings is 1. The summed E-state index contributed by atoms with van der Waals surface area (Å²) in [6, 6.07) is 4.00. The number of hydrogen-bond acceptors (Lipinski definition) is 3. The molecule has 2 amide bonds. The van der Waals surface area contributed by atoms with Crippen LogP contribution in [0, 0.1) is 5.92 Å². The van der Waals surface area contributed by atoms with Gasteiger partial charge in [0.05, 0.1) is 6.04 Å². The maximum atomic E-state index is 12.1. The highest BCUT2D eigenvalue weighted by Gasteiger charge is 2.18. The van der Waals surface area contributed by atoms with E-state index >= 15 is 0 Å². The number of nitrogens with one attached hydrogen (secondary N) is 2. The molecule has 0 aliphatic rings. The second kappa shape index (κ2) is 8.97. The van der Waals surface area contributed by atoms with Gasteiger partial charge in [-0.3, -0.25) is 0 Å². The maximum absolute atomic E-state index is 12.1. The molecule has 4 nitrogen and oxygen atoms in total. The van der Waals surface area contributed by atoms with Crippen molar-refractivity contribution < 1.29 is 9.90 Å². The summed E-state index contributed by atoms with van der Waals surface area (Å²) in [6.45, 7) is 6.41. The summed E-state index contributed by atoms with van der Waals surface area (Å²) in [6.07, 6.45) is 2.34. The standard InChI is InChI=1S/C15H26N2O2S/c1-4-12(7-8-18)16-15(19)17-13(10-11(2)3)14-6-5-9-20-14/h5-6,9,11-13,18H,4,7-8,10H2,1-3H3,(H2,16,17,19). The molecular weight excluding hydrogens is 272 g/mol. The van der Waals surface area contributed by atoms with Gasteiger partial charge in [0.15, 0.2) is 0 Å². The van der Waals surface area contributed by atoms with Crippen LogP contribution < -0.4 is 10.6 Å². The first-order valence-electron chi connectivity index (χ1n) is 7.28. The van der Waals surface area contributed by atoms with Gasteiger partial charge in [0.25, 0.3) is 0 Å². The smallest absolute Gasteiger partial charge is 0.315 e. The van der Waals surface area contributed by atoms with Crippen LogP contribution >= 0.6 is 11.3 Å². The predicted octanol–water partition coefficient (Wildman–Crippen LogP) is 3.30. The summed E-state index contributed by atoms with van der Waals surface area (Å²) in [4.78, 5) is 13.3. The molecule has 1 aromatic rings. The molecule has 5 heteroatoms. The number of aliphatic hydroxyl groups excluding tert-OH is 1. The quantitative estimate of drug-likeness (QED) is 0.689.